The average Bonchev–Trinajstić information content (AvgIpc) is 3.39. The first-order valence-electron chi connectivity index (χ1n) is 9.52. The van der Waals surface area contributed by atoms with Gasteiger partial charge in [-0.25, -0.2) is 0 Å². The molecule has 0 fully saturated rings. The highest BCUT2D eigenvalue weighted by atomic mass is 16.6. The molecule has 0 atom stereocenters. The van der Waals surface area contributed by atoms with Crippen LogP contribution < -0.4 is 10.6 Å². The maximum absolute atomic E-state index is 12.1. The maximum atomic E-state index is 12.1. The van der Waals surface area contributed by atoms with E-state index in [0.717, 1.165) is 0 Å². The van der Waals surface area contributed by atoms with E-state index in [9.17, 15) is 29.8 Å². The Labute approximate surface area is 185 Å². The number of nitro groups is 2. The molecule has 172 valence electrons. The fourth-order valence-electron chi connectivity index (χ4n) is 2.72. The fraction of sp³-hybridized carbons (Fsp3) is 0.278. The molecule has 0 bridgehead atoms. The number of benzene rings is 1. The van der Waals surface area contributed by atoms with Crippen LogP contribution in [0.1, 0.15) is 27.8 Å². The number of carbonyl (C=O) groups is 2. The zero-order valence-electron chi connectivity index (χ0n) is 17.3. The van der Waals surface area contributed by atoms with Crippen molar-refractivity contribution in [1.29, 1.82) is 0 Å². The predicted octanol–water partition coefficient (Wildman–Crippen LogP) is 0.528. The smallest absolute Gasteiger partial charge is 0.358 e. The van der Waals surface area contributed by atoms with Gasteiger partial charge in [0, 0.05) is 25.2 Å². The molecule has 15 heteroatoms. The Hall–Kier alpha value is -4.69. The Morgan fingerprint density at radius 2 is 1.79 bits per heavy atom. The molecule has 3 rings (SSSR count). The van der Waals surface area contributed by atoms with Gasteiger partial charge in [-0.05, 0) is 17.4 Å². The minimum atomic E-state index is -0.651. The lowest BCUT2D eigenvalue weighted by atomic mass is 10.1. The van der Waals surface area contributed by atoms with Crippen LogP contribution in [0.3, 0.4) is 0 Å². The van der Waals surface area contributed by atoms with E-state index in [-0.39, 0.29) is 55.2 Å². The number of amides is 2. The second-order valence-electron chi connectivity index (χ2n) is 6.78. The Bertz CT molecular complexity index is 1180. The molecule has 1 aromatic carbocycles. The first-order chi connectivity index (χ1) is 15.7. The third-order valence-electron chi connectivity index (χ3n) is 4.35. The molecule has 0 radical (unpaired) electrons. The Morgan fingerprint density at radius 1 is 1.09 bits per heavy atom. The van der Waals surface area contributed by atoms with E-state index in [1.54, 1.807) is 6.92 Å². The molecule has 0 aliphatic rings. The third kappa shape index (κ3) is 6.16. The number of aryl methyl sites for hydroxylation is 1. The lowest BCUT2D eigenvalue weighted by Gasteiger charge is -2.06. The van der Waals surface area contributed by atoms with Crippen molar-refractivity contribution in [1.82, 2.24) is 30.6 Å². The van der Waals surface area contributed by atoms with Gasteiger partial charge in [-0.1, -0.05) is 17.3 Å². The van der Waals surface area contributed by atoms with Gasteiger partial charge < -0.3 is 25.3 Å². The number of nitrogens with zero attached hydrogens (tertiary/aromatic N) is 6. The topological polar surface area (TPSA) is 201 Å². The average molecular weight is 458 g/mol. The molecule has 0 aliphatic carbocycles. The van der Waals surface area contributed by atoms with Gasteiger partial charge in [0.1, 0.15) is 6.54 Å². The molecule has 2 aromatic heterocycles. The van der Waals surface area contributed by atoms with Crippen molar-refractivity contribution in [3.05, 3.63) is 73.5 Å². The number of hydrogen-bond acceptors (Lipinski definition) is 10. The summed E-state index contributed by atoms with van der Waals surface area (Å²) in [5.74, 6) is -1.48. The highest BCUT2D eigenvalue weighted by molar-refractivity contribution is 5.89. The highest BCUT2D eigenvalue weighted by Gasteiger charge is 2.19. The second-order valence-corrected chi connectivity index (χ2v) is 6.78. The summed E-state index contributed by atoms with van der Waals surface area (Å²) in [7, 11) is 0. The summed E-state index contributed by atoms with van der Waals surface area (Å²) < 4.78 is 6.20. The van der Waals surface area contributed by atoms with E-state index in [1.165, 1.54) is 35.0 Å². The summed E-state index contributed by atoms with van der Waals surface area (Å²) in [5, 5.41) is 34.0. The molecule has 0 unspecified atom stereocenters. The van der Waals surface area contributed by atoms with Crippen LogP contribution in [-0.4, -0.2) is 54.7 Å². The molecule has 0 saturated heterocycles. The van der Waals surface area contributed by atoms with Gasteiger partial charge in [0.2, 0.25) is 5.91 Å². The molecular formula is C18H18N8O7. The van der Waals surface area contributed by atoms with Gasteiger partial charge in [-0.2, -0.15) is 9.67 Å². The quantitative estimate of drug-likeness (QED) is 0.245. The number of nitro benzene ring substituents is 1. The van der Waals surface area contributed by atoms with Crippen LogP contribution in [0.2, 0.25) is 0 Å². The normalized spacial score (nSPS) is 10.6. The molecule has 0 aliphatic heterocycles. The molecule has 3 aromatic rings. The van der Waals surface area contributed by atoms with Gasteiger partial charge in [-0.15, -0.1) is 0 Å². The number of hydrogen-bond donors (Lipinski definition) is 2. The van der Waals surface area contributed by atoms with Crippen LogP contribution in [0.15, 0.2) is 34.9 Å². The lowest BCUT2D eigenvalue weighted by Crippen LogP contribution is -2.35. The molecule has 15 nitrogen and oxygen atoms in total. The van der Waals surface area contributed by atoms with E-state index in [0.29, 0.717) is 11.3 Å². The minimum Gasteiger partial charge on any atom is -0.358 e. The van der Waals surface area contributed by atoms with E-state index >= 15 is 0 Å². The van der Waals surface area contributed by atoms with Crippen molar-refractivity contribution in [3.8, 4) is 0 Å². The summed E-state index contributed by atoms with van der Waals surface area (Å²) in [6, 6.07) is 6.92. The van der Waals surface area contributed by atoms with Crippen molar-refractivity contribution in [2.45, 2.75) is 19.9 Å². The van der Waals surface area contributed by atoms with Gasteiger partial charge in [-0.3, -0.25) is 19.7 Å². The largest absolute Gasteiger partial charge is 0.390 e. The zero-order valence-corrected chi connectivity index (χ0v) is 17.3. The summed E-state index contributed by atoms with van der Waals surface area (Å²) in [5.41, 5.74) is 1.06. The molecule has 0 spiro atoms. The molecule has 2 N–H and O–H groups in total. The van der Waals surface area contributed by atoms with Crippen molar-refractivity contribution in [3.63, 3.8) is 0 Å². The van der Waals surface area contributed by atoms with Gasteiger partial charge >= 0.3 is 17.6 Å². The van der Waals surface area contributed by atoms with E-state index in [1.807, 2.05) is 0 Å². The fourth-order valence-corrected chi connectivity index (χ4v) is 2.72. The maximum Gasteiger partial charge on any atom is 0.390 e. The van der Waals surface area contributed by atoms with E-state index in [4.69, 9.17) is 4.52 Å². The molecule has 2 amide bonds. The van der Waals surface area contributed by atoms with Gasteiger partial charge in [0.25, 0.3) is 5.69 Å². The van der Waals surface area contributed by atoms with Crippen molar-refractivity contribution >= 4 is 23.3 Å². The number of rotatable bonds is 10. The zero-order chi connectivity index (χ0) is 24.0. The number of nitrogens with one attached hydrogen (secondary N) is 2. The first-order valence-corrected chi connectivity index (χ1v) is 9.52. The summed E-state index contributed by atoms with van der Waals surface area (Å²) in [4.78, 5) is 48.3. The predicted molar refractivity (Wildman–Crippen MR) is 109 cm³/mol. The summed E-state index contributed by atoms with van der Waals surface area (Å²) in [6.45, 7) is 1.83. The van der Waals surface area contributed by atoms with Crippen LogP contribution in [0.5, 0.6) is 0 Å². The van der Waals surface area contributed by atoms with Crippen LogP contribution in [0.4, 0.5) is 11.5 Å². The van der Waals surface area contributed by atoms with Crippen LogP contribution in [-0.2, 0) is 17.8 Å². The van der Waals surface area contributed by atoms with Gasteiger partial charge in [0.15, 0.2) is 5.82 Å². The van der Waals surface area contributed by atoms with E-state index < -0.39 is 15.8 Å². The Kier molecular flexibility index (Phi) is 7.02. The van der Waals surface area contributed by atoms with Crippen LogP contribution in [0.25, 0.3) is 0 Å². The highest BCUT2D eigenvalue weighted by Crippen LogP contribution is 2.13. The van der Waals surface area contributed by atoms with Crippen molar-refractivity contribution in [2.24, 2.45) is 0 Å². The molecule has 2 heterocycles. The first kappa shape index (κ1) is 23.0. The molecular weight excluding hydrogens is 440 g/mol. The number of carbonyl (C=O) groups excluding carboxylic acids is 2. The van der Waals surface area contributed by atoms with Crippen molar-refractivity contribution < 1.29 is 24.0 Å². The third-order valence-corrected chi connectivity index (χ3v) is 4.35. The van der Waals surface area contributed by atoms with Gasteiger partial charge in [0.05, 0.1) is 28.2 Å². The monoisotopic (exact) mass is 458 g/mol. The van der Waals surface area contributed by atoms with Crippen molar-refractivity contribution in [2.75, 3.05) is 13.1 Å². The van der Waals surface area contributed by atoms with E-state index in [2.05, 4.69) is 25.9 Å². The Balaban J connectivity index is 1.42. The number of non-ortho nitro benzene ring substituents is 1. The lowest BCUT2D eigenvalue weighted by molar-refractivity contribution is -0.389. The minimum absolute atomic E-state index is 0.0187. The Morgan fingerprint density at radius 3 is 2.42 bits per heavy atom. The van der Waals surface area contributed by atoms with Crippen LogP contribution >= 0.6 is 0 Å². The number of aromatic nitrogens is 4. The summed E-state index contributed by atoms with van der Waals surface area (Å²) >= 11 is 0. The molecule has 0 saturated carbocycles. The SMILES string of the molecule is Cc1cc([N+](=O)[O-])nn1Cc1noc(C(=O)NCCNC(=O)Cc2ccc([N+](=O)[O-])cc2)n1. The molecule has 33 heavy (non-hydrogen) atoms. The van der Waals surface area contributed by atoms with Crippen LogP contribution in [0, 0.1) is 27.2 Å². The second kappa shape index (κ2) is 10.1. The summed E-state index contributed by atoms with van der Waals surface area (Å²) in [6.07, 6.45) is 0.0317. The standard InChI is InChI=1S/C18H18N8O7/c1-11-8-15(26(31)32)22-24(11)10-14-21-18(33-23-14)17(28)20-7-6-19-16(27)9-12-2-4-13(5-3-12)25(29)30/h2-5,8H,6-7,9-10H2,1H3,(H,19,27)(H,20,28).